The molecule has 4 heteroatoms. The maximum absolute atomic E-state index is 10.2. The van der Waals surface area contributed by atoms with Gasteiger partial charge in [0, 0.05) is 12.8 Å². The molecule has 0 saturated carbocycles. The lowest BCUT2D eigenvalue weighted by Crippen LogP contribution is -2.06. The zero-order valence-electron chi connectivity index (χ0n) is 18.5. The fraction of sp³-hybridized carbons (Fsp3) is 0.640. The summed E-state index contributed by atoms with van der Waals surface area (Å²) in [5.41, 5.74) is 0.697. The SMILES string of the molecule is CCCCCCCCc1nc(CCCCCCCC)nc(-c2ccccc2O)n1. The number of hydrogen-bond acceptors (Lipinski definition) is 4. The molecule has 1 aromatic carbocycles. The van der Waals surface area contributed by atoms with Crippen molar-refractivity contribution < 1.29 is 5.11 Å². The van der Waals surface area contributed by atoms with E-state index in [4.69, 9.17) is 4.98 Å². The van der Waals surface area contributed by atoms with Crippen molar-refractivity contribution in [2.45, 2.75) is 104 Å². The molecular formula is C25H39N3O. The van der Waals surface area contributed by atoms with Crippen LogP contribution in [-0.2, 0) is 12.8 Å². The van der Waals surface area contributed by atoms with E-state index in [0.29, 0.717) is 11.4 Å². The normalized spacial score (nSPS) is 11.1. The van der Waals surface area contributed by atoms with Gasteiger partial charge in [-0.25, -0.2) is 15.0 Å². The summed E-state index contributed by atoms with van der Waals surface area (Å²) >= 11 is 0. The van der Waals surface area contributed by atoms with Gasteiger partial charge in [0.25, 0.3) is 0 Å². The Hall–Kier alpha value is -1.97. The van der Waals surface area contributed by atoms with Gasteiger partial charge in [-0.05, 0) is 25.0 Å². The first-order valence-electron chi connectivity index (χ1n) is 11.8. The molecule has 0 unspecified atom stereocenters. The van der Waals surface area contributed by atoms with Crippen molar-refractivity contribution in [2.75, 3.05) is 0 Å². The molecule has 0 aliphatic rings. The number of unbranched alkanes of at least 4 members (excludes halogenated alkanes) is 10. The molecule has 0 fully saturated rings. The Kier molecular flexibility index (Phi) is 11.3. The molecule has 2 aromatic rings. The van der Waals surface area contributed by atoms with E-state index in [0.717, 1.165) is 37.3 Å². The van der Waals surface area contributed by atoms with Crippen molar-refractivity contribution in [2.24, 2.45) is 0 Å². The van der Waals surface area contributed by atoms with E-state index in [1.54, 1.807) is 6.07 Å². The van der Waals surface area contributed by atoms with Crippen LogP contribution in [0.25, 0.3) is 11.4 Å². The number of aromatic hydroxyl groups is 1. The number of benzene rings is 1. The molecule has 0 atom stereocenters. The van der Waals surface area contributed by atoms with Gasteiger partial charge in [0.2, 0.25) is 0 Å². The van der Waals surface area contributed by atoms with Crippen LogP contribution in [0.5, 0.6) is 5.75 Å². The Bertz CT molecular complexity index is 668. The lowest BCUT2D eigenvalue weighted by molar-refractivity contribution is 0.476. The van der Waals surface area contributed by atoms with Gasteiger partial charge in [-0.2, -0.15) is 0 Å². The predicted molar refractivity (Wildman–Crippen MR) is 121 cm³/mol. The molecule has 4 nitrogen and oxygen atoms in total. The first-order chi connectivity index (χ1) is 14.2. The largest absolute Gasteiger partial charge is 0.507 e. The highest BCUT2D eigenvalue weighted by Gasteiger charge is 2.11. The van der Waals surface area contributed by atoms with Gasteiger partial charge >= 0.3 is 0 Å². The van der Waals surface area contributed by atoms with Crippen LogP contribution < -0.4 is 0 Å². The molecule has 0 aliphatic carbocycles. The number of hydrogen-bond donors (Lipinski definition) is 1. The molecular weight excluding hydrogens is 358 g/mol. The Morgan fingerprint density at radius 3 is 1.62 bits per heavy atom. The number of aromatic nitrogens is 3. The first kappa shape index (κ1) is 23.3. The van der Waals surface area contributed by atoms with Crippen LogP contribution >= 0.6 is 0 Å². The summed E-state index contributed by atoms with van der Waals surface area (Å²) in [5, 5.41) is 10.2. The lowest BCUT2D eigenvalue weighted by atomic mass is 10.1. The Morgan fingerprint density at radius 2 is 1.10 bits per heavy atom. The summed E-state index contributed by atoms with van der Waals surface area (Å²) in [6, 6.07) is 7.32. The second-order valence-corrected chi connectivity index (χ2v) is 8.04. The van der Waals surface area contributed by atoms with Gasteiger partial charge in [-0.1, -0.05) is 90.2 Å². The van der Waals surface area contributed by atoms with Gasteiger partial charge in [0.05, 0.1) is 5.56 Å². The van der Waals surface area contributed by atoms with E-state index in [2.05, 4.69) is 23.8 Å². The number of phenolic OH excluding ortho intramolecular Hbond substituents is 1. The number of aryl methyl sites for hydroxylation is 2. The third-order valence-corrected chi connectivity index (χ3v) is 5.38. The van der Waals surface area contributed by atoms with Crippen LogP contribution in [0.3, 0.4) is 0 Å². The lowest BCUT2D eigenvalue weighted by Gasteiger charge is -2.09. The van der Waals surface area contributed by atoms with E-state index in [1.165, 1.54) is 64.2 Å². The van der Waals surface area contributed by atoms with Crippen molar-refractivity contribution in [1.82, 2.24) is 15.0 Å². The monoisotopic (exact) mass is 397 g/mol. The molecule has 0 aliphatic heterocycles. The van der Waals surface area contributed by atoms with Crippen LogP contribution in [0.15, 0.2) is 24.3 Å². The van der Waals surface area contributed by atoms with Gasteiger partial charge in [0.1, 0.15) is 17.4 Å². The van der Waals surface area contributed by atoms with Crippen LogP contribution in [0, 0.1) is 0 Å². The summed E-state index contributed by atoms with van der Waals surface area (Å²) in [5.74, 6) is 2.58. The molecule has 0 spiro atoms. The van der Waals surface area contributed by atoms with Crippen LogP contribution in [-0.4, -0.2) is 20.1 Å². The third-order valence-electron chi connectivity index (χ3n) is 5.38. The van der Waals surface area contributed by atoms with Crippen molar-refractivity contribution in [1.29, 1.82) is 0 Å². The van der Waals surface area contributed by atoms with Gasteiger partial charge in [0.15, 0.2) is 5.82 Å². The Balaban J connectivity index is 2.00. The van der Waals surface area contributed by atoms with E-state index in [-0.39, 0.29) is 5.75 Å². The first-order valence-corrected chi connectivity index (χ1v) is 11.8. The summed E-state index contributed by atoms with van der Waals surface area (Å²) in [6.07, 6.45) is 16.9. The van der Waals surface area contributed by atoms with Gasteiger partial charge in [-0.15, -0.1) is 0 Å². The van der Waals surface area contributed by atoms with Crippen molar-refractivity contribution in [3.8, 4) is 17.1 Å². The van der Waals surface area contributed by atoms with Gasteiger partial charge in [-0.3, -0.25) is 0 Å². The van der Waals surface area contributed by atoms with Crippen LogP contribution in [0.2, 0.25) is 0 Å². The van der Waals surface area contributed by atoms with Crippen molar-refractivity contribution in [3.05, 3.63) is 35.9 Å². The van der Waals surface area contributed by atoms with E-state index < -0.39 is 0 Å². The number of rotatable bonds is 15. The Labute approximate surface area is 177 Å². The second kappa shape index (κ2) is 14.1. The highest BCUT2D eigenvalue weighted by molar-refractivity contribution is 5.63. The topological polar surface area (TPSA) is 58.9 Å². The minimum Gasteiger partial charge on any atom is -0.507 e. The summed E-state index contributed by atoms with van der Waals surface area (Å²) in [7, 11) is 0. The van der Waals surface area contributed by atoms with Crippen LogP contribution in [0.1, 0.15) is 103 Å². The van der Waals surface area contributed by atoms with Gasteiger partial charge < -0.3 is 5.11 Å². The van der Waals surface area contributed by atoms with Crippen molar-refractivity contribution >= 4 is 0 Å². The number of nitrogens with zero attached hydrogens (tertiary/aromatic N) is 3. The average Bonchev–Trinajstić information content (AvgIpc) is 2.73. The highest BCUT2D eigenvalue weighted by Crippen LogP contribution is 2.26. The summed E-state index contributed by atoms with van der Waals surface area (Å²) < 4.78 is 0. The van der Waals surface area contributed by atoms with E-state index >= 15 is 0 Å². The molecule has 1 aromatic heterocycles. The molecule has 1 N–H and O–H groups in total. The predicted octanol–water partition coefficient (Wildman–Crippen LogP) is 7.05. The fourth-order valence-corrected chi connectivity index (χ4v) is 3.60. The molecule has 0 saturated heterocycles. The zero-order chi connectivity index (χ0) is 20.7. The number of para-hydroxylation sites is 1. The second-order valence-electron chi connectivity index (χ2n) is 8.04. The minimum atomic E-state index is 0.231. The molecule has 0 amide bonds. The molecule has 0 radical (unpaired) electrons. The molecule has 160 valence electrons. The molecule has 1 heterocycles. The minimum absolute atomic E-state index is 0.231. The zero-order valence-corrected chi connectivity index (χ0v) is 18.5. The fourth-order valence-electron chi connectivity index (χ4n) is 3.60. The maximum Gasteiger partial charge on any atom is 0.167 e. The number of phenols is 1. The van der Waals surface area contributed by atoms with E-state index in [1.807, 2.05) is 18.2 Å². The van der Waals surface area contributed by atoms with E-state index in [9.17, 15) is 5.11 Å². The Morgan fingerprint density at radius 1 is 0.621 bits per heavy atom. The summed E-state index contributed by atoms with van der Waals surface area (Å²) in [4.78, 5) is 14.1. The summed E-state index contributed by atoms with van der Waals surface area (Å²) in [6.45, 7) is 4.49. The standard InChI is InChI=1S/C25H39N3O/c1-3-5-7-9-11-13-19-23-26-24(20-14-12-10-8-6-4-2)28-25(27-23)21-17-15-16-18-22(21)29/h15-18,29H,3-14,19-20H2,1-2H3. The third kappa shape index (κ3) is 8.93. The average molecular weight is 398 g/mol. The quantitative estimate of drug-likeness (QED) is 0.327. The molecule has 29 heavy (non-hydrogen) atoms. The highest BCUT2D eigenvalue weighted by atomic mass is 16.3. The van der Waals surface area contributed by atoms with Crippen LogP contribution in [0.4, 0.5) is 0 Å². The van der Waals surface area contributed by atoms with Crippen molar-refractivity contribution in [3.63, 3.8) is 0 Å². The molecule has 2 rings (SSSR count). The smallest absolute Gasteiger partial charge is 0.167 e. The molecule has 0 bridgehead atoms. The maximum atomic E-state index is 10.2.